The van der Waals surface area contributed by atoms with Gasteiger partial charge in [0.15, 0.2) is 0 Å². The number of carboxylic acid groups (broad SMARTS) is 1. The summed E-state index contributed by atoms with van der Waals surface area (Å²) in [5.41, 5.74) is 1.21. The minimum absolute atomic E-state index is 0.189. The van der Waals surface area contributed by atoms with Gasteiger partial charge in [-0.1, -0.05) is 12.8 Å². The van der Waals surface area contributed by atoms with E-state index in [9.17, 15) is 14.7 Å². The van der Waals surface area contributed by atoms with E-state index in [1.54, 1.807) is 18.7 Å². The molecule has 1 aromatic rings. The highest BCUT2D eigenvalue weighted by Crippen LogP contribution is 2.37. The Morgan fingerprint density at radius 3 is 2.40 bits per heavy atom. The third kappa shape index (κ3) is 2.42. The molecule has 0 aliphatic heterocycles. The summed E-state index contributed by atoms with van der Waals surface area (Å²) in [6, 6.07) is 0. The maximum Gasteiger partial charge on any atom is 0.311 e. The molecule has 1 aromatic heterocycles. The molecule has 2 N–H and O–H groups in total. The molecule has 20 heavy (non-hydrogen) atoms. The first-order chi connectivity index (χ1) is 9.37. The van der Waals surface area contributed by atoms with Crippen molar-refractivity contribution in [1.29, 1.82) is 0 Å². The molecule has 0 bridgehead atoms. The van der Waals surface area contributed by atoms with Crippen LogP contribution in [-0.4, -0.2) is 33.3 Å². The standard InChI is InChI=1S/C14H21N3O3/c1-9-11(10(2)17(3)16-9)12(18)15-8-14(13(19)20)6-4-5-7-14/h4-8H2,1-3H3,(H,15,18)(H,19,20). The van der Waals surface area contributed by atoms with Gasteiger partial charge in [-0.15, -0.1) is 0 Å². The van der Waals surface area contributed by atoms with Gasteiger partial charge in [0.25, 0.3) is 5.91 Å². The topological polar surface area (TPSA) is 84.2 Å². The van der Waals surface area contributed by atoms with Crippen molar-refractivity contribution < 1.29 is 14.7 Å². The molecule has 1 aliphatic rings. The normalized spacial score (nSPS) is 17.1. The van der Waals surface area contributed by atoms with Gasteiger partial charge in [-0.2, -0.15) is 5.10 Å². The van der Waals surface area contributed by atoms with E-state index in [1.807, 2.05) is 6.92 Å². The van der Waals surface area contributed by atoms with Gasteiger partial charge in [-0.25, -0.2) is 0 Å². The zero-order valence-electron chi connectivity index (χ0n) is 12.2. The Morgan fingerprint density at radius 1 is 1.35 bits per heavy atom. The van der Waals surface area contributed by atoms with E-state index in [2.05, 4.69) is 10.4 Å². The van der Waals surface area contributed by atoms with Crippen LogP contribution in [0.25, 0.3) is 0 Å². The summed E-state index contributed by atoms with van der Waals surface area (Å²) in [5, 5.41) is 16.4. The van der Waals surface area contributed by atoms with Gasteiger partial charge in [0.05, 0.1) is 16.7 Å². The second-order valence-corrected chi connectivity index (χ2v) is 5.64. The predicted octanol–water partition coefficient (Wildman–Crippen LogP) is 1.41. The van der Waals surface area contributed by atoms with Crippen molar-refractivity contribution in [3.05, 3.63) is 17.0 Å². The molecule has 0 aromatic carbocycles. The molecule has 1 heterocycles. The average Bonchev–Trinajstić information content (AvgIpc) is 2.94. The van der Waals surface area contributed by atoms with Crippen LogP contribution in [0.1, 0.15) is 47.4 Å². The Balaban J connectivity index is 2.10. The monoisotopic (exact) mass is 279 g/mol. The van der Waals surface area contributed by atoms with Gasteiger partial charge < -0.3 is 10.4 Å². The second-order valence-electron chi connectivity index (χ2n) is 5.64. The fourth-order valence-electron chi connectivity index (χ4n) is 2.96. The molecule has 1 fully saturated rings. The van der Waals surface area contributed by atoms with Gasteiger partial charge in [-0.05, 0) is 26.7 Å². The highest BCUT2D eigenvalue weighted by Gasteiger charge is 2.41. The Labute approximate surface area is 118 Å². The molecule has 110 valence electrons. The number of aliphatic carboxylic acids is 1. The zero-order valence-corrected chi connectivity index (χ0v) is 12.2. The molecular weight excluding hydrogens is 258 g/mol. The van der Waals surface area contributed by atoms with Crippen LogP contribution >= 0.6 is 0 Å². The lowest BCUT2D eigenvalue weighted by Crippen LogP contribution is -2.41. The van der Waals surface area contributed by atoms with E-state index in [0.717, 1.165) is 18.5 Å². The number of nitrogens with zero attached hydrogens (tertiary/aromatic N) is 2. The molecule has 2 rings (SSSR count). The minimum Gasteiger partial charge on any atom is -0.481 e. The lowest BCUT2D eigenvalue weighted by atomic mass is 9.86. The summed E-state index contributed by atoms with van der Waals surface area (Å²) in [5.74, 6) is -1.05. The summed E-state index contributed by atoms with van der Waals surface area (Å²) in [6.07, 6.45) is 3.08. The van der Waals surface area contributed by atoms with E-state index < -0.39 is 11.4 Å². The number of carbonyl (C=O) groups is 2. The Hall–Kier alpha value is -1.85. The number of carboxylic acids is 1. The van der Waals surface area contributed by atoms with Crippen LogP contribution in [0.3, 0.4) is 0 Å². The lowest BCUT2D eigenvalue weighted by Gasteiger charge is -2.24. The number of aromatic nitrogens is 2. The van der Waals surface area contributed by atoms with Crippen molar-refractivity contribution in [3.63, 3.8) is 0 Å². The third-order valence-corrected chi connectivity index (χ3v) is 4.34. The van der Waals surface area contributed by atoms with Crippen molar-refractivity contribution in [2.45, 2.75) is 39.5 Å². The van der Waals surface area contributed by atoms with Gasteiger partial charge in [-0.3, -0.25) is 14.3 Å². The van der Waals surface area contributed by atoms with Gasteiger partial charge in [0.2, 0.25) is 0 Å². The Kier molecular flexibility index (Phi) is 3.83. The van der Waals surface area contributed by atoms with Crippen molar-refractivity contribution in [2.75, 3.05) is 6.54 Å². The average molecular weight is 279 g/mol. The molecular formula is C14H21N3O3. The number of hydrogen-bond donors (Lipinski definition) is 2. The highest BCUT2D eigenvalue weighted by molar-refractivity contribution is 5.96. The predicted molar refractivity (Wildman–Crippen MR) is 73.6 cm³/mol. The van der Waals surface area contributed by atoms with Crippen LogP contribution in [-0.2, 0) is 11.8 Å². The fraction of sp³-hybridized carbons (Fsp3) is 0.643. The molecule has 6 nitrogen and oxygen atoms in total. The molecule has 0 radical (unpaired) electrons. The molecule has 1 amide bonds. The first kappa shape index (κ1) is 14.6. The number of aryl methyl sites for hydroxylation is 2. The molecule has 1 aliphatic carbocycles. The largest absolute Gasteiger partial charge is 0.481 e. The summed E-state index contributed by atoms with van der Waals surface area (Å²) < 4.78 is 1.66. The maximum absolute atomic E-state index is 12.3. The smallest absolute Gasteiger partial charge is 0.311 e. The van der Waals surface area contributed by atoms with E-state index in [0.29, 0.717) is 24.1 Å². The van der Waals surface area contributed by atoms with E-state index in [-0.39, 0.29) is 12.5 Å². The zero-order chi connectivity index (χ0) is 14.9. The highest BCUT2D eigenvalue weighted by atomic mass is 16.4. The Bertz CT molecular complexity index is 542. The first-order valence-corrected chi connectivity index (χ1v) is 6.89. The van der Waals surface area contributed by atoms with Crippen molar-refractivity contribution in [2.24, 2.45) is 12.5 Å². The quantitative estimate of drug-likeness (QED) is 0.872. The van der Waals surface area contributed by atoms with Gasteiger partial charge in [0.1, 0.15) is 0 Å². The van der Waals surface area contributed by atoms with Crippen molar-refractivity contribution in [1.82, 2.24) is 15.1 Å². The Morgan fingerprint density at radius 2 is 1.95 bits per heavy atom. The molecule has 0 atom stereocenters. The minimum atomic E-state index is -0.810. The van der Waals surface area contributed by atoms with Gasteiger partial charge in [0, 0.05) is 19.3 Å². The van der Waals surface area contributed by atoms with Crippen molar-refractivity contribution >= 4 is 11.9 Å². The summed E-state index contributed by atoms with van der Waals surface area (Å²) in [7, 11) is 1.79. The van der Waals surface area contributed by atoms with E-state index in [1.165, 1.54) is 0 Å². The van der Waals surface area contributed by atoms with Crippen molar-refractivity contribution in [3.8, 4) is 0 Å². The molecule has 0 saturated heterocycles. The first-order valence-electron chi connectivity index (χ1n) is 6.89. The number of amides is 1. The lowest BCUT2D eigenvalue weighted by molar-refractivity contribution is -0.148. The SMILES string of the molecule is Cc1nn(C)c(C)c1C(=O)NCC1(C(=O)O)CCCC1. The van der Waals surface area contributed by atoms with Crippen LogP contribution in [0, 0.1) is 19.3 Å². The summed E-state index contributed by atoms with van der Waals surface area (Å²) >= 11 is 0. The van der Waals surface area contributed by atoms with Crippen LogP contribution in [0.15, 0.2) is 0 Å². The van der Waals surface area contributed by atoms with E-state index >= 15 is 0 Å². The fourth-order valence-corrected chi connectivity index (χ4v) is 2.96. The number of hydrogen-bond acceptors (Lipinski definition) is 3. The van der Waals surface area contributed by atoms with E-state index in [4.69, 9.17) is 0 Å². The maximum atomic E-state index is 12.3. The van der Waals surface area contributed by atoms with Gasteiger partial charge >= 0.3 is 5.97 Å². The number of carbonyl (C=O) groups excluding carboxylic acids is 1. The molecule has 0 unspecified atom stereocenters. The second kappa shape index (κ2) is 5.26. The van der Waals surface area contributed by atoms with Crippen LogP contribution < -0.4 is 5.32 Å². The molecule has 0 spiro atoms. The summed E-state index contributed by atoms with van der Waals surface area (Å²) in [4.78, 5) is 23.7. The molecule has 1 saturated carbocycles. The third-order valence-electron chi connectivity index (χ3n) is 4.34. The van der Waals surface area contributed by atoms with Crippen LogP contribution in [0.4, 0.5) is 0 Å². The van der Waals surface area contributed by atoms with Crippen LogP contribution in [0.2, 0.25) is 0 Å². The molecule has 6 heteroatoms. The summed E-state index contributed by atoms with van der Waals surface area (Å²) in [6.45, 7) is 3.80. The number of rotatable bonds is 4. The number of nitrogens with one attached hydrogen (secondary N) is 1. The van der Waals surface area contributed by atoms with Crippen LogP contribution in [0.5, 0.6) is 0 Å².